The lowest BCUT2D eigenvalue weighted by Crippen LogP contribution is -2.38. The molecular weight excluding hydrogens is 627 g/mol. The maximum absolute atomic E-state index is 15.0. The molecule has 4 N–H and O–H groups in total. The molecule has 0 aromatic heterocycles. The monoisotopic (exact) mass is 660 g/mol. The van der Waals surface area contributed by atoms with E-state index in [1.165, 1.54) is 61.6 Å². The van der Waals surface area contributed by atoms with Gasteiger partial charge in [-0.05, 0) is 86.3 Å². The Bertz CT molecular complexity index is 1730. The number of nitrogens with two attached hydrogens (primary N) is 1. The lowest BCUT2D eigenvalue weighted by molar-refractivity contribution is -0.133. The number of methoxy groups -OCH3 is 2. The Morgan fingerprint density at radius 2 is 1.80 bits per heavy atom. The van der Waals surface area contributed by atoms with E-state index in [0.717, 1.165) is 6.07 Å². The van der Waals surface area contributed by atoms with Crippen LogP contribution in [0.2, 0.25) is 5.02 Å². The van der Waals surface area contributed by atoms with Gasteiger partial charge in [0.05, 0.1) is 41.1 Å². The van der Waals surface area contributed by atoms with Crippen molar-refractivity contribution in [2.75, 3.05) is 31.4 Å². The fourth-order valence-corrected chi connectivity index (χ4v) is 6.66. The summed E-state index contributed by atoms with van der Waals surface area (Å²) >= 11 is 6.25. The Morgan fingerprint density at radius 3 is 2.44 bits per heavy atom. The zero-order chi connectivity index (χ0) is 33.1. The summed E-state index contributed by atoms with van der Waals surface area (Å²) in [5.41, 5.74) is 6.25. The number of rotatable bonds is 10. The molecule has 3 aromatic rings. The van der Waals surface area contributed by atoms with E-state index in [4.69, 9.17) is 26.8 Å². The number of ether oxygens (including phenoxy) is 2. The van der Waals surface area contributed by atoms with Crippen LogP contribution in [-0.4, -0.2) is 57.2 Å². The molecule has 0 radical (unpaired) electrons. The Kier molecular flexibility index (Phi) is 10.2. The first-order chi connectivity index (χ1) is 21.3. The van der Waals surface area contributed by atoms with Crippen LogP contribution in [0.25, 0.3) is 0 Å². The zero-order valence-corrected chi connectivity index (χ0v) is 26.7. The molecule has 1 aliphatic heterocycles. The predicted molar refractivity (Wildman–Crippen MR) is 168 cm³/mol. The number of carbonyl (C=O) groups excluding carboxylic acids is 3. The standard InChI is InChI=1S/C31H34ClFN4O7S/c1-17(2)45(41,42)27-12-9-20(35-31(40)44-4)16-21(27)25-6-5-13-37(25)30(39)28(18-7-10-22(32)26(15-18)43-3)36-24-14-19(29(34)38)8-11-23(24)33/h7-12,14-17,25,28,36H,5-6,13H2,1-4H3,(H2,34,38)(H,35,40)/t25-,28-/m1/s1. The first-order valence-electron chi connectivity index (χ1n) is 14.0. The normalized spacial score (nSPS) is 15.4. The lowest BCUT2D eigenvalue weighted by atomic mass is 10.0. The molecule has 4 rings (SSSR count). The number of nitrogens with one attached hydrogen (secondary N) is 2. The summed E-state index contributed by atoms with van der Waals surface area (Å²) in [5, 5.41) is 4.99. The third kappa shape index (κ3) is 7.15. The van der Waals surface area contributed by atoms with Gasteiger partial charge in [-0.25, -0.2) is 17.6 Å². The average molecular weight is 661 g/mol. The summed E-state index contributed by atoms with van der Waals surface area (Å²) in [6, 6.07) is 10.6. The van der Waals surface area contributed by atoms with Crippen LogP contribution in [-0.2, 0) is 19.4 Å². The SMILES string of the molecule is COC(=O)Nc1ccc(S(=O)(=O)C(C)C)c([C@H]2CCCN2C(=O)[C@H](Nc2cc(C(N)=O)ccc2F)c2ccc(Cl)c(OC)c2)c1. The first kappa shape index (κ1) is 33.5. The number of halogens is 2. The first-order valence-corrected chi connectivity index (χ1v) is 15.9. The Hall–Kier alpha value is -4.36. The molecule has 3 amide bonds. The van der Waals surface area contributed by atoms with E-state index in [0.29, 0.717) is 24.0 Å². The molecule has 240 valence electrons. The fraction of sp³-hybridized carbons (Fsp3) is 0.323. The third-order valence-electron chi connectivity index (χ3n) is 7.57. The van der Waals surface area contributed by atoms with Gasteiger partial charge in [-0.2, -0.15) is 0 Å². The van der Waals surface area contributed by atoms with E-state index in [1.807, 2.05) is 0 Å². The quantitative estimate of drug-likeness (QED) is 0.259. The van der Waals surface area contributed by atoms with Crippen LogP contribution >= 0.6 is 11.6 Å². The van der Waals surface area contributed by atoms with E-state index in [9.17, 15) is 22.8 Å². The third-order valence-corrected chi connectivity index (χ3v) is 10.1. The van der Waals surface area contributed by atoms with Gasteiger partial charge in [0.1, 0.15) is 17.6 Å². The summed E-state index contributed by atoms with van der Waals surface area (Å²) in [6.07, 6.45) is 0.200. The minimum absolute atomic E-state index is 0.0236. The van der Waals surface area contributed by atoms with Crippen LogP contribution in [0.5, 0.6) is 5.75 Å². The van der Waals surface area contributed by atoms with Crippen molar-refractivity contribution in [2.45, 2.75) is 48.9 Å². The maximum atomic E-state index is 15.0. The summed E-state index contributed by atoms with van der Waals surface area (Å²) < 4.78 is 52.0. The number of hydrogen-bond acceptors (Lipinski definition) is 8. The molecule has 3 aromatic carbocycles. The van der Waals surface area contributed by atoms with Crippen LogP contribution in [0.1, 0.15) is 60.3 Å². The number of carbonyl (C=O) groups is 3. The minimum Gasteiger partial charge on any atom is -0.495 e. The molecule has 1 heterocycles. The van der Waals surface area contributed by atoms with Crippen LogP contribution in [0, 0.1) is 5.82 Å². The van der Waals surface area contributed by atoms with Crippen LogP contribution in [0.3, 0.4) is 0 Å². The van der Waals surface area contributed by atoms with E-state index < -0.39 is 50.9 Å². The minimum atomic E-state index is -3.82. The van der Waals surface area contributed by atoms with Crippen molar-refractivity contribution in [3.63, 3.8) is 0 Å². The topological polar surface area (TPSA) is 157 Å². The number of nitrogens with zero attached hydrogens (tertiary/aromatic N) is 1. The van der Waals surface area contributed by atoms with Crippen molar-refractivity contribution < 1.29 is 36.7 Å². The number of benzene rings is 3. The van der Waals surface area contributed by atoms with Crippen molar-refractivity contribution in [1.82, 2.24) is 4.90 Å². The van der Waals surface area contributed by atoms with Gasteiger partial charge >= 0.3 is 6.09 Å². The molecule has 45 heavy (non-hydrogen) atoms. The van der Waals surface area contributed by atoms with Crippen molar-refractivity contribution >= 4 is 50.7 Å². The van der Waals surface area contributed by atoms with Gasteiger partial charge in [-0.3, -0.25) is 14.9 Å². The second kappa shape index (κ2) is 13.7. The molecule has 2 atom stereocenters. The Morgan fingerprint density at radius 1 is 1.07 bits per heavy atom. The second-order valence-corrected chi connectivity index (χ2v) is 13.6. The number of likely N-dealkylation sites (tertiary alicyclic amines) is 1. The van der Waals surface area contributed by atoms with Gasteiger partial charge in [0.2, 0.25) is 11.8 Å². The fourth-order valence-electron chi connectivity index (χ4n) is 5.18. The van der Waals surface area contributed by atoms with E-state index >= 15 is 4.39 Å². The molecule has 1 fully saturated rings. The van der Waals surface area contributed by atoms with Gasteiger partial charge in [0.15, 0.2) is 9.84 Å². The molecule has 14 heteroatoms. The molecule has 0 saturated carbocycles. The van der Waals surface area contributed by atoms with Gasteiger partial charge in [0, 0.05) is 17.8 Å². The highest BCUT2D eigenvalue weighted by Gasteiger charge is 2.38. The number of primary amides is 1. The Labute approximate surface area is 265 Å². The lowest BCUT2D eigenvalue weighted by Gasteiger charge is -2.32. The van der Waals surface area contributed by atoms with Gasteiger partial charge < -0.3 is 25.4 Å². The van der Waals surface area contributed by atoms with Crippen molar-refractivity contribution in [3.05, 3.63) is 82.1 Å². The van der Waals surface area contributed by atoms with Crippen LogP contribution in [0.15, 0.2) is 59.5 Å². The molecule has 1 saturated heterocycles. The Balaban J connectivity index is 1.84. The van der Waals surface area contributed by atoms with Crippen molar-refractivity contribution in [3.8, 4) is 5.75 Å². The van der Waals surface area contributed by atoms with Gasteiger partial charge in [0.25, 0.3) is 0 Å². The van der Waals surface area contributed by atoms with Crippen LogP contribution < -0.4 is 21.1 Å². The summed E-state index contributed by atoms with van der Waals surface area (Å²) in [5.74, 6) is -1.76. The van der Waals surface area contributed by atoms with Crippen molar-refractivity contribution in [2.24, 2.45) is 5.73 Å². The highest BCUT2D eigenvalue weighted by Crippen LogP contribution is 2.40. The maximum Gasteiger partial charge on any atom is 0.411 e. The summed E-state index contributed by atoms with van der Waals surface area (Å²) in [7, 11) is -1.21. The number of anilines is 2. The molecule has 0 unspecified atom stereocenters. The van der Waals surface area contributed by atoms with Crippen LogP contribution in [0.4, 0.5) is 20.6 Å². The average Bonchev–Trinajstić information content (AvgIpc) is 3.50. The molecule has 0 spiro atoms. The molecular formula is C31H34ClFN4O7S. The highest BCUT2D eigenvalue weighted by atomic mass is 35.5. The smallest absolute Gasteiger partial charge is 0.411 e. The van der Waals surface area contributed by atoms with E-state index in [1.54, 1.807) is 19.9 Å². The number of hydrogen-bond donors (Lipinski definition) is 3. The van der Waals surface area contributed by atoms with Gasteiger partial charge in [-0.15, -0.1) is 0 Å². The summed E-state index contributed by atoms with van der Waals surface area (Å²) in [6.45, 7) is 3.37. The molecule has 0 bridgehead atoms. The van der Waals surface area contributed by atoms with E-state index in [2.05, 4.69) is 10.6 Å². The second-order valence-electron chi connectivity index (χ2n) is 10.7. The molecule has 0 aliphatic carbocycles. The summed E-state index contributed by atoms with van der Waals surface area (Å²) in [4.78, 5) is 39.8. The highest BCUT2D eigenvalue weighted by molar-refractivity contribution is 7.92. The van der Waals surface area contributed by atoms with E-state index in [-0.39, 0.29) is 39.2 Å². The van der Waals surface area contributed by atoms with Crippen molar-refractivity contribution in [1.29, 1.82) is 0 Å². The molecule has 1 aliphatic rings. The zero-order valence-electron chi connectivity index (χ0n) is 25.1. The van der Waals surface area contributed by atoms with Gasteiger partial charge in [-0.1, -0.05) is 17.7 Å². The largest absolute Gasteiger partial charge is 0.495 e. The number of sulfone groups is 1. The number of amides is 3. The molecule has 11 nitrogen and oxygen atoms in total. The predicted octanol–water partition coefficient (Wildman–Crippen LogP) is 5.46.